The molecule has 1 fully saturated rings. The summed E-state index contributed by atoms with van der Waals surface area (Å²) >= 11 is 0. The van der Waals surface area contributed by atoms with Crippen molar-refractivity contribution >= 4 is 23.4 Å². The monoisotopic (exact) mass is 427 g/mol. The van der Waals surface area contributed by atoms with Crippen LogP contribution >= 0.6 is 0 Å². The molecule has 0 spiro atoms. The number of carboxylic acid groups (broad SMARTS) is 1. The number of ether oxygens (including phenoxy) is 1. The molecule has 3 rings (SSSR count). The molecule has 1 aliphatic rings. The lowest BCUT2D eigenvalue weighted by Gasteiger charge is -2.31. The molecule has 31 heavy (non-hydrogen) atoms. The number of hydrogen-bond donors (Lipinski definition) is 2. The van der Waals surface area contributed by atoms with Crippen LogP contribution in [-0.2, 0) is 11.3 Å². The van der Waals surface area contributed by atoms with Crippen molar-refractivity contribution in [1.82, 2.24) is 4.90 Å². The summed E-state index contributed by atoms with van der Waals surface area (Å²) in [5.74, 6) is -0.565. The van der Waals surface area contributed by atoms with Gasteiger partial charge in [0.2, 0.25) is 0 Å². The van der Waals surface area contributed by atoms with Gasteiger partial charge in [0, 0.05) is 36.8 Å². The Hall–Kier alpha value is -3.62. The van der Waals surface area contributed by atoms with Crippen molar-refractivity contribution in [2.24, 2.45) is 0 Å². The van der Waals surface area contributed by atoms with Gasteiger partial charge in [0.1, 0.15) is 5.56 Å². The van der Waals surface area contributed by atoms with E-state index >= 15 is 0 Å². The summed E-state index contributed by atoms with van der Waals surface area (Å²) in [6, 6.07) is 12.2. The fourth-order valence-electron chi connectivity index (χ4n) is 3.82. The van der Waals surface area contributed by atoms with Crippen molar-refractivity contribution in [2.45, 2.75) is 32.2 Å². The summed E-state index contributed by atoms with van der Waals surface area (Å²) in [6.45, 7) is 2.99. The molecular formula is C22H25N3O6. The molecule has 1 amide bonds. The van der Waals surface area contributed by atoms with E-state index in [0.717, 1.165) is 24.1 Å². The van der Waals surface area contributed by atoms with E-state index in [1.165, 1.54) is 11.0 Å². The number of likely N-dealkylation sites (tertiary alicyclic amines) is 1. The van der Waals surface area contributed by atoms with E-state index in [1.54, 1.807) is 19.1 Å². The fraction of sp³-hybridized carbons (Fsp3) is 0.364. The Balaban J connectivity index is 1.70. The van der Waals surface area contributed by atoms with E-state index < -0.39 is 17.0 Å². The predicted molar refractivity (Wildman–Crippen MR) is 114 cm³/mol. The molecule has 1 heterocycles. The Morgan fingerprint density at radius 2 is 2.00 bits per heavy atom. The zero-order chi connectivity index (χ0) is 22.4. The number of rotatable bonds is 7. The second kappa shape index (κ2) is 9.92. The smallest absolute Gasteiger partial charge is 0.407 e. The summed E-state index contributed by atoms with van der Waals surface area (Å²) in [6.07, 6.45) is 0.871. The van der Waals surface area contributed by atoms with E-state index in [0.29, 0.717) is 18.7 Å². The highest BCUT2D eigenvalue weighted by Crippen LogP contribution is 2.29. The number of nitro groups is 1. The average Bonchev–Trinajstić information content (AvgIpc) is 2.77. The van der Waals surface area contributed by atoms with Crippen LogP contribution in [0.2, 0.25) is 0 Å². The highest BCUT2D eigenvalue weighted by atomic mass is 16.6. The lowest BCUT2D eigenvalue weighted by Crippen LogP contribution is -2.38. The maximum absolute atomic E-state index is 12.1. The number of nitrogens with one attached hydrogen (secondary N) is 1. The highest BCUT2D eigenvalue weighted by Gasteiger charge is 2.26. The van der Waals surface area contributed by atoms with Gasteiger partial charge < -0.3 is 20.1 Å². The van der Waals surface area contributed by atoms with Crippen molar-refractivity contribution in [1.29, 1.82) is 0 Å². The SMILES string of the molecule is CCOC(=O)c1cccc(CNc2ccc(C3CCCN(C(=O)O)C3)cc2)c1[N+](=O)[O-]. The van der Waals surface area contributed by atoms with Gasteiger partial charge in [0.05, 0.1) is 11.5 Å². The van der Waals surface area contributed by atoms with Crippen LogP contribution in [0.5, 0.6) is 0 Å². The van der Waals surface area contributed by atoms with Gasteiger partial charge in [0.25, 0.3) is 5.69 Å². The Bertz CT molecular complexity index is 960. The maximum atomic E-state index is 12.1. The molecule has 1 unspecified atom stereocenters. The van der Waals surface area contributed by atoms with Crippen LogP contribution in [0.4, 0.5) is 16.2 Å². The molecule has 2 N–H and O–H groups in total. The quantitative estimate of drug-likeness (QED) is 0.385. The van der Waals surface area contributed by atoms with Crippen LogP contribution in [0.1, 0.15) is 47.2 Å². The van der Waals surface area contributed by atoms with Crippen molar-refractivity contribution < 1.29 is 24.4 Å². The third-order valence-electron chi connectivity index (χ3n) is 5.35. The van der Waals surface area contributed by atoms with Crippen molar-refractivity contribution in [3.8, 4) is 0 Å². The Morgan fingerprint density at radius 3 is 2.65 bits per heavy atom. The minimum absolute atomic E-state index is 0.0678. The molecule has 1 atom stereocenters. The van der Waals surface area contributed by atoms with E-state index in [2.05, 4.69) is 5.32 Å². The van der Waals surface area contributed by atoms with Crippen LogP contribution < -0.4 is 5.32 Å². The molecule has 9 heteroatoms. The van der Waals surface area contributed by atoms with E-state index in [9.17, 15) is 24.8 Å². The zero-order valence-electron chi connectivity index (χ0n) is 17.2. The van der Waals surface area contributed by atoms with E-state index in [1.807, 2.05) is 24.3 Å². The number of para-hydroxylation sites is 1. The van der Waals surface area contributed by atoms with E-state index in [-0.39, 0.29) is 30.3 Å². The highest BCUT2D eigenvalue weighted by molar-refractivity contribution is 5.94. The topological polar surface area (TPSA) is 122 Å². The van der Waals surface area contributed by atoms with Crippen LogP contribution in [0, 0.1) is 10.1 Å². The minimum Gasteiger partial charge on any atom is -0.465 e. The summed E-state index contributed by atoms with van der Waals surface area (Å²) in [5, 5.41) is 23.9. The molecule has 2 aromatic carbocycles. The lowest BCUT2D eigenvalue weighted by molar-refractivity contribution is -0.385. The number of piperidine rings is 1. The van der Waals surface area contributed by atoms with Gasteiger partial charge in [0.15, 0.2) is 0 Å². The van der Waals surface area contributed by atoms with Crippen LogP contribution in [0.25, 0.3) is 0 Å². The van der Waals surface area contributed by atoms with E-state index in [4.69, 9.17) is 4.74 Å². The normalized spacial score (nSPS) is 15.9. The molecule has 1 aliphatic heterocycles. The van der Waals surface area contributed by atoms with Crippen molar-refractivity contribution in [2.75, 3.05) is 25.0 Å². The Labute approximate surface area is 179 Å². The number of benzene rings is 2. The van der Waals surface area contributed by atoms with Crippen LogP contribution in [0.15, 0.2) is 42.5 Å². The van der Waals surface area contributed by atoms with Gasteiger partial charge in [-0.3, -0.25) is 10.1 Å². The molecule has 2 aromatic rings. The van der Waals surface area contributed by atoms with Crippen molar-refractivity contribution in [3.63, 3.8) is 0 Å². The molecule has 164 valence electrons. The van der Waals surface area contributed by atoms with Crippen LogP contribution in [-0.4, -0.2) is 46.7 Å². The number of nitro benzene ring substituents is 1. The largest absolute Gasteiger partial charge is 0.465 e. The second-order valence-electron chi connectivity index (χ2n) is 7.33. The summed E-state index contributed by atoms with van der Waals surface area (Å²) in [7, 11) is 0. The minimum atomic E-state index is -0.894. The molecule has 9 nitrogen and oxygen atoms in total. The number of anilines is 1. The maximum Gasteiger partial charge on any atom is 0.407 e. The molecular weight excluding hydrogens is 402 g/mol. The van der Waals surface area contributed by atoms with Gasteiger partial charge in [-0.05, 0) is 43.5 Å². The Kier molecular flexibility index (Phi) is 7.07. The Morgan fingerprint density at radius 1 is 1.26 bits per heavy atom. The molecule has 0 aliphatic carbocycles. The second-order valence-corrected chi connectivity index (χ2v) is 7.33. The summed E-state index contributed by atoms with van der Waals surface area (Å²) in [5.41, 5.74) is 1.88. The first kappa shape index (κ1) is 22.1. The summed E-state index contributed by atoms with van der Waals surface area (Å²) in [4.78, 5) is 35.7. The lowest BCUT2D eigenvalue weighted by atomic mass is 9.91. The first-order chi connectivity index (χ1) is 14.9. The third-order valence-corrected chi connectivity index (χ3v) is 5.35. The molecule has 0 radical (unpaired) electrons. The molecule has 0 aromatic heterocycles. The van der Waals surface area contributed by atoms with Crippen molar-refractivity contribution in [3.05, 3.63) is 69.3 Å². The standard InChI is InChI=1S/C22H25N3O6/c1-2-31-21(26)19-7-3-5-16(20(19)25(29)30)13-23-18-10-8-15(9-11-18)17-6-4-12-24(14-17)22(27)28/h3,5,7-11,17,23H,2,4,6,12-14H2,1H3,(H,27,28). The van der Waals surface area contributed by atoms with Gasteiger partial charge in [-0.25, -0.2) is 9.59 Å². The first-order valence-electron chi connectivity index (χ1n) is 10.2. The number of esters is 1. The van der Waals surface area contributed by atoms with Gasteiger partial charge >= 0.3 is 12.1 Å². The summed E-state index contributed by atoms with van der Waals surface area (Å²) < 4.78 is 4.93. The molecule has 1 saturated heterocycles. The van der Waals surface area contributed by atoms with Gasteiger partial charge in [-0.2, -0.15) is 0 Å². The predicted octanol–water partition coefficient (Wildman–Crippen LogP) is 4.24. The molecule has 0 saturated carbocycles. The zero-order valence-corrected chi connectivity index (χ0v) is 17.2. The number of nitrogens with zero attached hydrogens (tertiary/aromatic N) is 2. The van der Waals surface area contributed by atoms with Crippen LogP contribution in [0.3, 0.4) is 0 Å². The fourth-order valence-corrected chi connectivity index (χ4v) is 3.82. The van der Waals surface area contributed by atoms with Gasteiger partial charge in [-0.1, -0.05) is 24.3 Å². The molecule has 0 bridgehead atoms. The number of carbonyl (C=O) groups is 2. The number of hydrogen-bond acceptors (Lipinski definition) is 6. The number of carbonyl (C=O) groups excluding carboxylic acids is 1. The first-order valence-corrected chi connectivity index (χ1v) is 10.2. The average molecular weight is 427 g/mol. The number of amides is 1. The third kappa shape index (κ3) is 5.30. The van der Waals surface area contributed by atoms with Gasteiger partial charge in [-0.15, -0.1) is 0 Å².